The van der Waals surface area contributed by atoms with E-state index in [0.717, 1.165) is 10.5 Å². The summed E-state index contributed by atoms with van der Waals surface area (Å²) in [6, 6.07) is 19.2. The van der Waals surface area contributed by atoms with Crippen LogP contribution >= 0.6 is 11.6 Å². The number of Topliss-reactive ketones (excluding diaryl/α,β-unsaturated/α-hetero) is 1. The summed E-state index contributed by atoms with van der Waals surface area (Å²) < 4.78 is 12.0. The molecule has 0 aliphatic carbocycles. The first-order valence-corrected chi connectivity index (χ1v) is 14.6. The van der Waals surface area contributed by atoms with E-state index < -0.39 is 35.5 Å². The monoisotopic (exact) mass is 625 g/mol. The van der Waals surface area contributed by atoms with Crippen molar-refractivity contribution in [2.75, 3.05) is 23.6 Å². The van der Waals surface area contributed by atoms with Crippen molar-refractivity contribution in [1.82, 2.24) is 9.78 Å². The number of imide groups is 1. The second-order valence-electron chi connectivity index (χ2n) is 10.5. The maximum absolute atomic E-state index is 14.5. The summed E-state index contributed by atoms with van der Waals surface area (Å²) in [6.07, 6.45) is 0. The van der Waals surface area contributed by atoms with Crippen LogP contribution in [0.5, 0.6) is 5.75 Å². The number of halogens is 1. The van der Waals surface area contributed by atoms with Crippen LogP contribution in [-0.2, 0) is 14.3 Å². The first-order valence-electron chi connectivity index (χ1n) is 14.2. The SMILES string of the molecule is CCOC(=O)c1nn(-c2ccc(C)cc2)c(C)c1C(=O)C1=NN(c2ccc(Cl)cc2)[C@H]2C(=O)N(c3ccc(OC)cc3)C(=O)[C@H]12. The normalized spacial score (nSPS) is 17.4. The number of esters is 1. The highest BCUT2D eigenvalue weighted by Crippen LogP contribution is 2.39. The molecule has 0 saturated carbocycles. The molecule has 3 heterocycles. The van der Waals surface area contributed by atoms with Gasteiger partial charge < -0.3 is 9.47 Å². The number of anilines is 2. The summed E-state index contributed by atoms with van der Waals surface area (Å²) in [5, 5.41) is 10.9. The maximum Gasteiger partial charge on any atom is 0.359 e. The molecule has 2 aliphatic rings. The summed E-state index contributed by atoms with van der Waals surface area (Å²) in [5.74, 6) is -3.41. The minimum absolute atomic E-state index is 0.0582. The largest absolute Gasteiger partial charge is 0.497 e. The molecule has 0 radical (unpaired) electrons. The number of carbonyl (C=O) groups excluding carboxylic acids is 4. The number of aryl methyl sites for hydroxylation is 1. The van der Waals surface area contributed by atoms with E-state index in [0.29, 0.717) is 33.5 Å². The van der Waals surface area contributed by atoms with Gasteiger partial charge in [0.05, 0.1) is 42.0 Å². The zero-order valence-electron chi connectivity index (χ0n) is 24.9. The molecule has 2 amide bonds. The number of hydrogen-bond acceptors (Lipinski definition) is 9. The lowest BCUT2D eigenvalue weighted by molar-refractivity contribution is -0.121. The van der Waals surface area contributed by atoms with Crippen molar-refractivity contribution in [3.8, 4) is 11.4 Å². The molecule has 2 atom stereocenters. The number of hydrazone groups is 1. The molecule has 6 rings (SSSR count). The quantitative estimate of drug-likeness (QED) is 0.153. The van der Waals surface area contributed by atoms with Crippen molar-refractivity contribution in [2.45, 2.75) is 26.8 Å². The fourth-order valence-electron chi connectivity index (χ4n) is 5.58. The topological polar surface area (TPSA) is 123 Å². The molecule has 3 aromatic carbocycles. The highest BCUT2D eigenvalue weighted by molar-refractivity contribution is 6.54. The van der Waals surface area contributed by atoms with E-state index in [-0.39, 0.29) is 23.6 Å². The van der Waals surface area contributed by atoms with Gasteiger partial charge >= 0.3 is 5.97 Å². The van der Waals surface area contributed by atoms with E-state index in [1.165, 1.54) is 16.8 Å². The number of carbonyl (C=O) groups is 4. The van der Waals surface area contributed by atoms with Gasteiger partial charge in [-0.1, -0.05) is 29.3 Å². The molecule has 12 heteroatoms. The Labute approximate surface area is 263 Å². The van der Waals surface area contributed by atoms with Crippen molar-refractivity contribution in [3.63, 3.8) is 0 Å². The van der Waals surface area contributed by atoms with Gasteiger partial charge in [-0.15, -0.1) is 0 Å². The van der Waals surface area contributed by atoms with Crippen LogP contribution in [0, 0.1) is 19.8 Å². The highest BCUT2D eigenvalue weighted by Gasteiger charge is 2.59. The zero-order valence-corrected chi connectivity index (χ0v) is 25.6. The first-order chi connectivity index (χ1) is 21.6. The Morgan fingerprint density at radius 3 is 2.11 bits per heavy atom. The number of benzene rings is 3. The molecular weight excluding hydrogens is 598 g/mol. The molecule has 4 aromatic rings. The number of nitrogens with zero attached hydrogens (tertiary/aromatic N) is 5. The van der Waals surface area contributed by atoms with E-state index in [1.807, 2.05) is 31.2 Å². The van der Waals surface area contributed by atoms with Gasteiger partial charge in [0, 0.05) is 5.02 Å². The number of fused-ring (bicyclic) bond motifs is 1. The number of rotatable bonds is 8. The second kappa shape index (κ2) is 11.7. The molecule has 1 aromatic heterocycles. The molecule has 0 spiro atoms. The average Bonchev–Trinajstić information content (AvgIpc) is 3.68. The summed E-state index contributed by atoms with van der Waals surface area (Å²) in [4.78, 5) is 56.8. The van der Waals surface area contributed by atoms with Crippen LogP contribution in [0.4, 0.5) is 11.4 Å². The van der Waals surface area contributed by atoms with Gasteiger partial charge in [-0.3, -0.25) is 19.4 Å². The Bertz CT molecular complexity index is 1870. The van der Waals surface area contributed by atoms with Crippen molar-refractivity contribution < 1.29 is 28.7 Å². The lowest BCUT2D eigenvalue weighted by atomic mass is 9.91. The van der Waals surface area contributed by atoms with Crippen LogP contribution in [0.2, 0.25) is 5.02 Å². The standard InChI is InChI=1S/C33H28ClN5O6/c1-5-45-33(43)28-25(19(3)38(36-28)22-10-6-18(2)7-11-22)30(40)27-26-29(39(35-27)23-12-8-20(34)9-13-23)32(42)37(31(26)41)21-14-16-24(44-4)17-15-21/h6-17,26,29H,5H2,1-4H3/t26-,29-/m1/s1. The van der Waals surface area contributed by atoms with Gasteiger partial charge in [-0.05, 0) is 81.4 Å². The molecule has 0 bridgehead atoms. The molecule has 11 nitrogen and oxygen atoms in total. The number of ketones is 1. The molecule has 0 N–H and O–H groups in total. The number of ether oxygens (including phenoxy) is 2. The minimum Gasteiger partial charge on any atom is -0.497 e. The third-order valence-electron chi connectivity index (χ3n) is 7.79. The summed E-state index contributed by atoms with van der Waals surface area (Å²) in [7, 11) is 1.51. The Morgan fingerprint density at radius 1 is 0.867 bits per heavy atom. The second-order valence-corrected chi connectivity index (χ2v) is 11.0. The van der Waals surface area contributed by atoms with E-state index in [4.69, 9.17) is 21.1 Å². The van der Waals surface area contributed by atoms with Gasteiger partial charge in [0.15, 0.2) is 5.69 Å². The Balaban J connectivity index is 1.49. The lowest BCUT2D eigenvalue weighted by Gasteiger charge is -2.22. The number of aromatic nitrogens is 2. The molecular formula is C33H28ClN5O6. The summed E-state index contributed by atoms with van der Waals surface area (Å²) >= 11 is 6.12. The fourth-order valence-corrected chi connectivity index (χ4v) is 5.70. The van der Waals surface area contributed by atoms with E-state index in [2.05, 4.69) is 10.2 Å². The molecule has 1 fully saturated rings. The minimum atomic E-state index is -1.26. The van der Waals surface area contributed by atoms with Crippen LogP contribution in [0.3, 0.4) is 0 Å². The van der Waals surface area contributed by atoms with Gasteiger partial charge in [0.25, 0.3) is 5.91 Å². The van der Waals surface area contributed by atoms with Crippen LogP contribution in [-0.4, -0.2) is 58.8 Å². The molecule has 0 unspecified atom stereocenters. The molecule has 45 heavy (non-hydrogen) atoms. The van der Waals surface area contributed by atoms with Gasteiger partial charge in [-0.2, -0.15) is 10.2 Å². The zero-order chi connectivity index (χ0) is 32.0. The predicted octanol–water partition coefficient (Wildman–Crippen LogP) is 4.94. The van der Waals surface area contributed by atoms with E-state index >= 15 is 0 Å². The van der Waals surface area contributed by atoms with Crippen LogP contribution < -0.4 is 14.6 Å². The smallest absolute Gasteiger partial charge is 0.359 e. The third-order valence-corrected chi connectivity index (χ3v) is 8.05. The van der Waals surface area contributed by atoms with Crippen LogP contribution in [0.1, 0.15) is 39.0 Å². The lowest BCUT2D eigenvalue weighted by Crippen LogP contribution is -2.39. The van der Waals surface area contributed by atoms with Crippen molar-refractivity contribution in [2.24, 2.45) is 11.0 Å². The Kier molecular flexibility index (Phi) is 7.71. The number of hydrogen-bond donors (Lipinski definition) is 0. The molecule has 1 saturated heterocycles. The Morgan fingerprint density at radius 2 is 1.49 bits per heavy atom. The van der Waals surface area contributed by atoms with Gasteiger partial charge in [0.1, 0.15) is 23.4 Å². The van der Waals surface area contributed by atoms with Gasteiger partial charge in [-0.25, -0.2) is 14.4 Å². The first kappa shape index (κ1) is 29.8. The Hall–Kier alpha value is -5.29. The third kappa shape index (κ3) is 5.04. The predicted molar refractivity (Wildman–Crippen MR) is 167 cm³/mol. The van der Waals surface area contributed by atoms with Crippen LogP contribution in [0.15, 0.2) is 77.9 Å². The van der Waals surface area contributed by atoms with E-state index in [1.54, 1.807) is 62.4 Å². The van der Waals surface area contributed by atoms with Crippen molar-refractivity contribution in [1.29, 1.82) is 0 Å². The fraction of sp³-hybridized carbons (Fsp3) is 0.212. The van der Waals surface area contributed by atoms with Crippen molar-refractivity contribution in [3.05, 3.63) is 100 Å². The van der Waals surface area contributed by atoms with Crippen LogP contribution in [0.25, 0.3) is 5.69 Å². The summed E-state index contributed by atoms with van der Waals surface area (Å²) in [6.45, 7) is 5.30. The summed E-state index contributed by atoms with van der Waals surface area (Å²) in [5.41, 5.74) is 2.28. The van der Waals surface area contributed by atoms with Crippen molar-refractivity contribution >= 4 is 52.3 Å². The number of methoxy groups -OCH3 is 1. The van der Waals surface area contributed by atoms with Gasteiger partial charge in [0.2, 0.25) is 11.7 Å². The average molecular weight is 626 g/mol. The molecule has 2 aliphatic heterocycles. The number of amides is 2. The van der Waals surface area contributed by atoms with E-state index in [9.17, 15) is 19.2 Å². The maximum atomic E-state index is 14.5. The molecule has 228 valence electrons. The highest BCUT2D eigenvalue weighted by atomic mass is 35.5.